The molecule has 0 N–H and O–H groups in total. The van der Waals surface area contributed by atoms with Crippen molar-refractivity contribution in [2.75, 3.05) is 0 Å². The molecule has 0 bridgehead atoms. The van der Waals surface area contributed by atoms with E-state index in [9.17, 15) is 0 Å². The standard InChI is InChI=1S/C81H54N6OSi2/c1-7-27-56(28-8-1)85-70-44-24-21-41-66(70)77-72(85)51-49-65-67-54-62(89(57-29-9-2-10-30-57,58-31-11-3-12-32-58)59-33-13-4-14-34-59)48-50-71(67)87(78(65)77)81-83-79(82-80(84-81)86-68-42-22-19-39-63(68)64-40-20-23-43-69(64)86)55-47-52-74-76(53-55)90(60-35-15-5-16-36-60,61-37-17-6-18-38-61)75-46-26-25-45-73(75)88-74/h1-54H. The van der Waals surface area contributed by atoms with E-state index in [-0.39, 0.29) is 0 Å². The van der Waals surface area contributed by atoms with Gasteiger partial charge in [0.1, 0.15) is 11.5 Å². The average Bonchev–Trinajstić information content (AvgIpc) is 1.28. The Morgan fingerprint density at radius 3 is 1.37 bits per heavy atom. The maximum atomic E-state index is 7.03. The Morgan fingerprint density at radius 1 is 0.300 bits per heavy atom. The van der Waals surface area contributed by atoms with Gasteiger partial charge >= 0.3 is 0 Å². The van der Waals surface area contributed by atoms with Gasteiger partial charge in [-0.3, -0.25) is 9.13 Å². The summed E-state index contributed by atoms with van der Waals surface area (Å²) in [7, 11) is -6.12. The zero-order chi connectivity index (χ0) is 59.3. The molecular formula is C81H54N6OSi2. The lowest BCUT2D eigenvalue weighted by atomic mass is 10.1. The molecule has 0 amide bonds. The highest BCUT2D eigenvalue weighted by Crippen LogP contribution is 2.43. The monoisotopic (exact) mass is 1180 g/mol. The number of nitrogens with zero attached hydrogens (tertiary/aromatic N) is 6. The second-order valence-corrected chi connectivity index (χ2v) is 30.9. The van der Waals surface area contributed by atoms with Crippen molar-refractivity contribution in [2.45, 2.75) is 0 Å². The van der Waals surface area contributed by atoms with Gasteiger partial charge in [0.2, 0.25) is 11.9 Å². The summed E-state index contributed by atoms with van der Waals surface area (Å²) in [6.07, 6.45) is 0. The first-order valence-electron chi connectivity index (χ1n) is 30.7. The molecule has 9 heteroatoms. The Kier molecular flexibility index (Phi) is 11.8. The molecule has 0 fully saturated rings. The van der Waals surface area contributed by atoms with Gasteiger partial charge in [-0.25, -0.2) is 0 Å². The van der Waals surface area contributed by atoms with E-state index in [1.54, 1.807) is 0 Å². The molecule has 0 radical (unpaired) electrons. The van der Waals surface area contributed by atoms with Crippen LogP contribution < -0.4 is 46.2 Å². The number of benzene rings is 13. The van der Waals surface area contributed by atoms with E-state index in [4.69, 9.17) is 19.7 Å². The fourth-order valence-corrected chi connectivity index (χ4v) is 24.8. The van der Waals surface area contributed by atoms with Crippen LogP contribution in [0.15, 0.2) is 328 Å². The number of hydrogen-bond donors (Lipinski definition) is 0. The van der Waals surface area contributed by atoms with Crippen LogP contribution in [0.3, 0.4) is 0 Å². The summed E-state index contributed by atoms with van der Waals surface area (Å²) in [6, 6.07) is 120. The first-order valence-corrected chi connectivity index (χ1v) is 34.7. The lowest BCUT2D eigenvalue weighted by molar-refractivity contribution is 0.487. The van der Waals surface area contributed by atoms with Crippen LogP contribution in [-0.4, -0.2) is 44.8 Å². The lowest BCUT2D eigenvalue weighted by Gasteiger charge is -2.39. The van der Waals surface area contributed by atoms with Gasteiger partial charge in [0.05, 0.1) is 33.1 Å². The minimum Gasteiger partial charge on any atom is -0.458 e. The number of para-hydroxylation sites is 5. The first kappa shape index (κ1) is 51.7. The van der Waals surface area contributed by atoms with E-state index >= 15 is 0 Å². The van der Waals surface area contributed by atoms with Crippen LogP contribution in [0.25, 0.3) is 94.4 Å². The quantitative estimate of drug-likeness (QED) is 0.101. The van der Waals surface area contributed by atoms with Crippen molar-refractivity contribution in [3.05, 3.63) is 328 Å². The van der Waals surface area contributed by atoms with Gasteiger partial charge in [-0.1, -0.05) is 261 Å². The van der Waals surface area contributed by atoms with E-state index < -0.39 is 16.1 Å². The molecule has 0 saturated carbocycles. The van der Waals surface area contributed by atoms with Crippen molar-refractivity contribution in [1.29, 1.82) is 0 Å². The highest BCUT2D eigenvalue weighted by Gasteiger charge is 2.48. The molecule has 90 heavy (non-hydrogen) atoms. The molecule has 1 aliphatic heterocycles. The fourth-order valence-electron chi connectivity index (χ4n) is 15.1. The first-order chi connectivity index (χ1) is 44.7. The van der Waals surface area contributed by atoms with Gasteiger partial charge in [-0.15, -0.1) is 0 Å². The molecule has 13 aromatic carbocycles. The zero-order valence-electron chi connectivity index (χ0n) is 48.8. The van der Waals surface area contributed by atoms with Crippen molar-refractivity contribution < 1.29 is 4.74 Å². The molecule has 0 saturated heterocycles. The Bertz CT molecular complexity index is 5450. The van der Waals surface area contributed by atoms with Crippen LogP contribution in [-0.2, 0) is 0 Å². The van der Waals surface area contributed by atoms with Crippen molar-refractivity contribution >= 4 is 123 Å². The second-order valence-electron chi connectivity index (χ2n) is 23.4. The predicted octanol–water partition coefficient (Wildman–Crippen LogP) is 13.7. The Hall–Kier alpha value is -11.5. The predicted molar refractivity (Wildman–Crippen MR) is 376 cm³/mol. The molecule has 4 aromatic heterocycles. The molecule has 0 unspecified atom stereocenters. The van der Waals surface area contributed by atoms with Crippen molar-refractivity contribution in [2.24, 2.45) is 0 Å². The summed E-state index contributed by atoms with van der Waals surface area (Å²) in [5, 5.41) is 16.7. The highest BCUT2D eigenvalue weighted by atomic mass is 28.3. The summed E-state index contributed by atoms with van der Waals surface area (Å²) < 4.78 is 14.0. The molecule has 18 rings (SSSR count). The number of fused-ring (bicyclic) bond motifs is 12. The number of ether oxygens (including phenoxy) is 1. The van der Waals surface area contributed by atoms with E-state index in [0.717, 1.165) is 93.4 Å². The minimum absolute atomic E-state index is 0.500. The molecule has 5 heterocycles. The van der Waals surface area contributed by atoms with Crippen LogP contribution in [0.2, 0.25) is 0 Å². The zero-order valence-corrected chi connectivity index (χ0v) is 50.8. The van der Waals surface area contributed by atoms with Gasteiger partial charge in [0.15, 0.2) is 22.0 Å². The lowest BCUT2D eigenvalue weighted by Crippen LogP contribution is -2.76. The molecule has 422 valence electrons. The van der Waals surface area contributed by atoms with Crippen molar-refractivity contribution in [3.8, 4) is 40.5 Å². The third kappa shape index (κ3) is 7.60. The SMILES string of the molecule is c1ccc(-n2c3ccccc3c3c2ccc2c4cc([Si](c5ccccc5)(c5ccccc5)c5ccccc5)ccc4n(-c4nc(-c5ccc6c(c5)[Si](c5ccccc5)(c5ccccc5)c5ccccc5O6)nc(-n5c6ccccc6c6ccccc65)n4)c23)cc1. The summed E-state index contributed by atoms with van der Waals surface area (Å²) in [5.41, 5.74) is 8.12. The minimum atomic E-state index is -3.10. The third-order valence-electron chi connectivity index (χ3n) is 18.8. The van der Waals surface area contributed by atoms with Crippen LogP contribution in [0, 0.1) is 0 Å². The highest BCUT2D eigenvalue weighted by molar-refractivity contribution is 7.21. The van der Waals surface area contributed by atoms with Crippen molar-refractivity contribution in [3.63, 3.8) is 0 Å². The van der Waals surface area contributed by atoms with E-state index in [1.165, 1.54) is 36.3 Å². The summed E-state index contributed by atoms with van der Waals surface area (Å²) >= 11 is 0. The number of aromatic nitrogens is 6. The molecule has 0 atom stereocenters. The van der Waals surface area contributed by atoms with E-state index in [0.29, 0.717) is 17.7 Å². The van der Waals surface area contributed by atoms with Gasteiger partial charge in [0, 0.05) is 43.6 Å². The van der Waals surface area contributed by atoms with Crippen molar-refractivity contribution in [1.82, 2.24) is 28.7 Å². The molecule has 1 aliphatic rings. The maximum Gasteiger partial charge on any atom is 0.240 e. The van der Waals surface area contributed by atoms with Crippen LogP contribution in [0.5, 0.6) is 11.5 Å². The summed E-state index contributed by atoms with van der Waals surface area (Å²) in [4.78, 5) is 17.4. The van der Waals surface area contributed by atoms with E-state index in [1.807, 2.05) is 0 Å². The largest absolute Gasteiger partial charge is 0.458 e. The smallest absolute Gasteiger partial charge is 0.240 e. The van der Waals surface area contributed by atoms with Gasteiger partial charge in [-0.2, -0.15) is 15.0 Å². The Morgan fingerprint density at radius 2 is 0.767 bits per heavy atom. The van der Waals surface area contributed by atoms with Crippen LogP contribution in [0.1, 0.15) is 0 Å². The van der Waals surface area contributed by atoms with Gasteiger partial charge < -0.3 is 9.30 Å². The van der Waals surface area contributed by atoms with Gasteiger partial charge in [0.25, 0.3) is 0 Å². The maximum absolute atomic E-state index is 7.03. The fraction of sp³-hybridized carbons (Fsp3) is 0. The second kappa shape index (κ2) is 20.6. The molecular weight excluding hydrogens is 1130 g/mol. The molecule has 17 aromatic rings. The number of hydrogen-bond acceptors (Lipinski definition) is 4. The number of rotatable bonds is 10. The topological polar surface area (TPSA) is 62.7 Å². The normalized spacial score (nSPS) is 12.8. The van der Waals surface area contributed by atoms with Crippen LogP contribution in [0.4, 0.5) is 0 Å². The Balaban J connectivity index is 0.984. The summed E-state index contributed by atoms with van der Waals surface area (Å²) in [5.74, 6) is 3.25. The molecule has 0 spiro atoms. The average molecular weight is 1180 g/mol. The van der Waals surface area contributed by atoms with Crippen LogP contribution >= 0.6 is 0 Å². The van der Waals surface area contributed by atoms with E-state index in [2.05, 4.69) is 341 Å². The Labute approximate surface area is 521 Å². The molecule has 0 aliphatic carbocycles. The molecule has 7 nitrogen and oxygen atoms in total. The third-order valence-corrected chi connectivity index (χ3v) is 28.4. The summed E-state index contributed by atoms with van der Waals surface area (Å²) in [6.45, 7) is 0. The van der Waals surface area contributed by atoms with Gasteiger partial charge in [-0.05, 0) is 108 Å².